The van der Waals surface area contributed by atoms with E-state index in [1.807, 2.05) is 0 Å². The Morgan fingerprint density at radius 2 is 2.17 bits per heavy atom. The van der Waals surface area contributed by atoms with Gasteiger partial charge in [-0.25, -0.2) is 19.8 Å². The number of hydrogen-bond acceptors (Lipinski definition) is 10. The number of Topliss-reactive ketones (excluding diaryl/α,β-unsaturated/α-hetero) is 1. The topological polar surface area (TPSA) is 168 Å². The van der Waals surface area contributed by atoms with E-state index in [-0.39, 0.29) is 47.3 Å². The Hall–Kier alpha value is -3.32. The SMILES string of the molecule is CO/N=C(/C(=O)NC1CCN2CC(C(C)=O)=C(C(=O)O)N2C1=O)c1csc(N)n1. The molecule has 0 aliphatic carbocycles. The van der Waals surface area contributed by atoms with Gasteiger partial charge in [0.05, 0.1) is 0 Å². The zero-order chi connectivity index (χ0) is 21.3. The lowest BCUT2D eigenvalue weighted by Crippen LogP contribution is -2.59. The van der Waals surface area contributed by atoms with E-state index in [0.29, 0.717) is 0 Å². The summed E-state index contributed by atoms with van der Waals surface area (Å²) in [6, 6.07) is -1.02. The predicted molar refractivity (Wildman–Crippen MR) is 100 cm³/mol. The summed E-state index contributed by atoms with van der Waals surface area (Å²) in [5, 5.41) is 19.8. The van der Waals surface area contributed by atoms with Crippen LogP contribution in [-0.2, 0) is 24.0 Å². The van der Waals surface area contributed by atoms with Crippen molar-refractivity contribution in [1.29, 1.82) is 0 Å². The van der Waals surface area contributed by atoms with Crippen molar-refractivity contribution >= 4 is 45.7 Å². The van der Waals surface area contributed by atoms with E-state index < -0.39 is 29.6 Å². The fourth-order valence-corrected chi connectivity index (χ4v) is 3.67. The molecule has 1 aromatic heterocycles. The fourth-order valence-electron chi connectivity index (χ4n) is 3.13. The van der Waals surface area contributed by atoms with Crippen molar-refractivity contribution < 1.29 is 29.1 Å². The van der Waals surface area contributed by atoms with Crippen molar-refractivity contribution in [1.82, 2.24) is 20.3 Å². The Morgan fingerprint density at radius 3 is 2.72 bits per heavy atom. The molecular weight excluding hydrogens is 404 g/mol. The first-order valence-corrected chi connectivity index (χ1v) is 9.32. The number of thiazole rings is 1. The molecular formula is C16H18N6O6S. The Labute approximate surface area is 168 Å². The average Bonchev–Trinajstić information content (AvgIpc) is 3.26. The van der Waals surface area contributed by atoms with Gasteiger partial charge >= 0.3 is 5.97 Å². The highest BCUT2D eigenvalue weighted by molar-refractivity contribution is 7.13. The molecule has 1 atom stereocenters. The van der Waals surface area contributed by atoms with Crippen LogP contribution in [0.4, 0.5) is 5.13 Å². The first-order valence-electron chi connectivity index (χ1n) is 8.44. The van der Waals surface area contributed by atoms with Crippen molar-refractivity contribution in [2.45, 2.75) is 19.4 Å². The second kappa shape index (κ2) is 7.97. The summed E-state index contributed by atoms with van der Waals surface area (Å²) < 4.78 is 0. The highest BCUT2D eigenvalue weighted by Gasteiger charge is 2.45. The van der Waals surface area contributed by atoms with E-state index in [0.717, 1.165) is 16.3 Å². The van der Waals surface area contributed by atoms with E-state index in [4.69, 9.17) is 5.73 Å². The maximum Gasteiger partial charge on any atom is 0.354 e. The number of aromatic nitrogens is 1. The maximum absolute atomic E-state index is 12.9. The normalized spacial score (nSPS) is 19.9. The Balaban J connectivity index is 1.83. The molecule has 4 N–H and O–H groups in total. The molecule has 2 aliphatic rings. The molecule has 2 aliphatic heterocycles. The number of fused-ring (bicyclic) bond motifs is 1. The van der Waals surface area contributed by atoms with Gasteiger partial charge in [0.25, 0.3) is 11.8 Å². The van der Waals surface area contributed by atoms with Crippen LogP contribution in [0.15, 0.2) is 21.8 Å². The number of hydrogen-bond donors (Lipinski definition) is 3. The second-order valence-corrected chi connectivity index (χ2v) is 7.12. The summed E-state index contributed by atoms with van der Waals surface area (Å²) in [6.45, 7) is 1.54. The maximum atomic E-state index is 12.9. The molecule has 0 radical (unpaired) electrons. The first-order chi connectivity index (χ1) is 13.7. The molecule has 1 fully saturated rings. The van der Waals surface area contributed by atoms with Gasteiger partial charge in [-0.2, -0.15) is 0 Å². The zero-order valence-corrected chi connectivity index (χ0v) is 16.4. The second-order valence-electron chi connectivity index (χ2n) is 6.23. The number of oxime groups is 1. The molecule has 13 heteroatoms. The number of aliphatic carboxylic acids is 1. The average molecular weight is 422 g/mol. The number of nitrogen functional groups attached to an aromatic ring is 1. The lowest BCUT2D eigenvalue weighted by atomic mass is 10.1. The molecule has 29 heavy (non-hydrogen) atoms. The summed E-state index contributed by atoms with van der Waals surface area (Å²) in [5.41, 5.74) is 5.25. The van der Waals surface area contributed by atoms with Gasteiger partial charge < -0.3 is 21.0 Å². The van der Waals surface area contributed by atoms with Crippen LogP contribution < -0.4 is 11.1 Å². The molecule has 0 aromatic carbocycles. The van der Waals surface area contributed by atoms with Crippen molar-refractivity contribution in [2.24, 2.45) is 5.16 Å². The predicted octanol–water partition coefficient (Wildman–Crippen LogP) is -1.05. The number of rotatable bonds is 6. The molecule has 0 spiro atoms. The van der Waals surface area contributed by atoms with Crippen LogP contribution in [0.25, 0.3) is 0 Å². The number of hydrazine groups is 1. The molecule has 3 heterocycles. The van der Waals surface area contributed by atoms with Crippen molar-refractivity contribution in [3.63, 3.8) is 0 Å². The van der Waals surface area contributed by atoms with Crippen molar-refractivity contribution in [3.05, 3.63) is 22.3 Å². The summed E-state index contributed by atoms with van der Waals surface area (Å²) >= 11 is 1.11. The number of nitrogens with two attached hydrogens (primary N) is 1. The van der Waals surface area contributed by atoms with E-state index in [1.54, 1.807) is 0 Å². The third-order valence-electron chi connectivity index (χ3n) is 4.40. The number of nitrogens with one attached hydrogen (secondary N) is 1. The quantitative estimate of drug-likeness (QED) is 0.383. The Bertz CT molecular complexity index is 953. The third-order valence-corrected chi connectivity index (χ3v) is 5.07. The molecule has 1 aromatic rings. The van der Waals surface area contributed by atoms with Gasteiger partial charge in [0.1, 0.15) is 18.8 Å². The molecule has 1 saturated heterocycles. The van der Waals surface area contributed by atoms with Crippen LogP contribution in [0.3, 0.4) is 0 Å². The van der Waals surface area contributed by atoms with E-state index >= 15 is 0 Å². The summed E-state index contributed by atoms with van der Waals surface area (Å²) in [7, 11) is 1.25. The highest BCUT2D eigenvalue weighted by atomic mass is 32.1. The molecule has 3 rings (SSSR count). The number of carboxylic acid groups (broad SMARTS) is 1. The van der Waals surface area contributed by atoms with E-state index in [1.165, 1.54) is 24.4 Å². The van der Waals surface area contributed by atoms with Crippen molar-refractivity contribution in [2.75, 3.05) is 25.9 Å². The molecule has 154 valence electrons. The van der Waals surface area contributed by atoms with Crippen LogP contribution >= 0.6 is 11.3 Å². The number of carbonyl (C=O) groups is 4. The number of carbonyl (C=O) groups excluding carboxylic acids is 3. The monoisotopic (exact) mass is 422 g/mol. The van der Waals surface area contributed by atoms with Gasteiger partial charge in [0, 0.05) is 24.0 Å². The Morgan fingerprint density at radius 1 is 1.45 bits per heavy atom. The van der Waals surface area contributed by atoms with E-state index in [2.05, 4.69) is 20.3 Å². The largest absolute Gasteiger partial charge is 0.477 e. The number of anilines is 1. The minimum Gasteiger partial charge on any atom is -0.477 e. The molecule has 0 bridgehead atoms. The van der Waals surface area contributed by atoms with E-state index in [9.17, 15) is 24.3 Å². The summed E-state index contributed by atoms with van der Waals surface area (Å²) in [4.78, 5) is 57.7. The lowest BCUT2D eigenvalue weighted by molar-refractivity contribution is -0.156. The van der Waals surface area contributed by atoms with Gasteiger partial charge in [-0.1, -0.05) is 5.16 Å². The zero-order valence-electron chi connectivity index (χ0n) is 15.5. The smallest absolute Gasteiger partial charge is 0.354 e. The number of nitrogens with zero attached hydrogens (tertiary/aromatic N) is 4. The fraction of sp³-hybridized carbons (Fsp3) is 0.375. The van der Waals surface area contributed by atoms with Gasteiger partial charge in [-0.15, -0.1) is 11.3 Å². The van der Waals surface area contributed by atoms with Gasteiger partial charge in [0.2, 0.25) is 0 Å². The minimum absolute atomic E-state index is 0.0257. The number of ketones is 1. The number of amides is 2. The van der Waals surface area contributed by atoms with Crippen molar-refractivity contribution in [3.8, 4) is 0 Å². The van der Waals surface area contributed by atoms with Gasteiger partial charge in [-0.05, 0) is 13.3 Å². The molecule has 1 unspecified atom stereocenters. The van der Waals surface area contributed by atoms with Crippen LogP contribution in [0.2, 0.25) is 0 Å². The van der Waals surface area contributed by atoms with Crippen LogP contribution in [0, 0.1) is 0 Å². The molecule has 0 saturated carbocycles. The summed E-state index contributed by atoms with van der Waals surface area (Å²) in [6.07, 6.45) is 0.221. The first kappa shape index (κ1) is 20.4. The number of carboxylic acids is 1. The van der Waals surface area contributed by atoms with Gasteiger partial charge in [-0.3, -0.25) is 14.4 Å². The minimum atomic E-state index is -1.39. The third kappa shape index (κ3) is 3.82. The Kier molecular flexibility index (Phi) is 5.61. The van der Waals surface area contributed by atoms with Crippen LogP contribution in [0.1, 0.15) is 19.0 Å². The van der Waals surface area contributed by atoms with Crippen LogP contribution in [-0.4, -0.2) is 75.6 Å². The highest BCUT2D eigenvalue weighted by Crippen LogP contribution is 2.29. The van der Waals surface area contributed by atoms with Crippen LogP contribution in [0.5, 0.6) is 0 Å². The molecule has 2 amide bonds. The standard InChI is InChI=1S/C16H18N6O6S/c1-7(23)8-5-21-4-3-9(14(25)22(21)12(8)15(26)27)18-13(24)11(20-28-2)10-6-29-16(17)19-10/h6,9H,3-5H2,1-2H3,(H2,17,19)(H,18,24)(H,26,27)/b20-11+. The summed E-state index contributed by atoms with van der Waals surface area (Å²) in [5.74, 6) is -3.21. The lowest BCUT2D eigenvalue weighted by Gasteiger charge is -2.37. The van der Waals surface area contributed by atoms with Gasteiger partial charge in [0.15, 0.2) is 22.3 Å². The molecule has 12 nitrogen and oxygen atoms in total.